The fourth-order valence-electron chi connectivity index (χ4n) is 1.53. The van der Waals surface area contributed by atoms with E-state index in [1.807, 2.05) is 0 Å². The Bertz CT molecular complexity index is 202. The van der Waals surface area contributed by atoms with E-state index in [4.69, 9.17) is 5.11 Å². The average molecular weight is 171 g/mol. The lowest BCUT2D eigenvalue weighted by atomic mass is 10.1. The molecule has 1 rings (SSSR count). The van der Waals surface area contributed by atoms with Crippen LogP contribution in [0, 0.1) is 5.92 Å². The second-order valence-electron chi connectivity index (χ2n) is 3.22. The molecule has 0 radical (unpaired) electrons. The summed E-state index contributed by atoms with van der Waals surface area (Å²) < 4.78 is 0. The van der Waals surface area contributed by atoms with E-state index in [1.165, 1.54) is 6.92 Å². The molecule has 1 atom stereocenters. The highest BCUT2D eigenvalue weighted by atomic mass is 16.4. The van der Waals surface area contributed by atoms with Crippen molar-refractivity contribution >= 4 is 11.9 Å². The maximum absolute atomic E-state index is 10.9. The lowest BCUT2D eigenvalue weighted by Crippen LogP contribution is -2.26. The van der Waals surface area contributed by atoms with Crippen LogP contribution in [-0.2, 0) is 9.59 Å². The van der Waals surface area contributed by atoms with Gasteiger partial charge in [-0.05, 0) is 12.3 Å². The summed E-state index contributed by atoms with van der Waals surface area (Å²) >= 11 is 0. The number of hydrogen-bond donors (Lipinski definition) is 1. The van der Waals surface area contributed by atoms with E-state index in [1.54, 1.807) is 4.90 Å². The average Bonchev–Trinajstić information content (AvgIpc) is 2.34. The lowest BCUT2D eigenvalue weighted by molar-refractivity contribution is -0.138. The van der Waals surface area contributed by atoms with Gasteiger partial charge < -0.3 is 10.0 Å². The van der Waals surface area contributed by atoms with E-state index in [0.717, 1.165) is 6.42 Å². The van der Waals surface area contributed by atoms with Gasteiger partial charge in [0.25, 0.3) is 0 Å². The number of aliphatic carboxylic acids is 1. The van der Waals surface area contributed by atoms with Gasteiger partial charge in [-0.2, -0.15) is 0 Å². The van der Waals surface area contributed by atoms with E-state index in [-0.39, 0.29) is 18.2 Å². The maximum Gasteiger partial charge on any atom is 0.303 e. The van der Waals surface area contributed by atoms with Crippen molar-refractivity contribution in [2.24, 2.45) is 5.92 Å². The molecule has 4 heteroatoms. The minimum Gasteiger partial charge on any atom is -0.481 e. The van der Waals surface area contributed by atoms with Gasteiger partial charge in [0.1, 0.15) is 0 Å². The quantitative estimate of drug-likeness (QED) is 0.651. The van der Waals surface area contributed by atoms with E-state index in [9.17, 15) is 9.59 Å². The molecule has 0 aromatic heterocycles. The monoisotopic (exact) mass is 171 g/mol. The maximum atomic E-state index is 10.9. The normalized spacial score (nSPS) is 22.8. The Morgan fingerprint density at radius 3 is 2.67 bits per heavy atom. The third-order valence-corrected chi connectivity index (χ3v) is 2.19. The third-order valence-electron chi connectivity index (χ3n) is 2.19. The van der Waals surface area contributed by atoms with Crippen molar-refractivity contribution in [3.8, 4) is 0 Å². The van der Waals surface area contributed by atoms with Gasteiger partial charge >= 0.3 is 5.97 Å². The fraction of sp³-hybridized carbons (Fsp3) is 0.750. The second-order valence-corrected chi connectivity index (χ2v) is 3.22. The van der Waals surface area contributed by atoms with Crippen LogP contribution in [0.4, 0.5) is 0 Å². The van der Waals surface area contributed by atoms with Crippen molar-refractivity contribution in [1.82, 2.24) is 4.90 Å². The summed E-state index contributed by atoms with van der Waals surface area (Å²) in [7, 11) is 0. The van der Waals surface area contributed by atoms with Crippen LogP contribution in [0.1, 0.15) is 19.8 Å². The molecule has 0 aromatic carbocycles. The molecule has 0 saturated carbocycles. The molecule has 1 heterocycles. The van der Waals surface area contributed by atoms with Crippen LogP contribution in [-0.4, -0.2) is 35.0 Å². The van der Waals surface area contributed by atoms with Crippen molar-refractivity contribution < 1.29 is 14.7 Å². The summed E-state index contributed by atoms with van der Waals surface area (Å²) in [6.07, 6.45) is 1.01. The number of carbonyl (C=O) groups excluding carboxylic acids is 1. The van der Waals surface area contributed by atoms with Gasteiger partial charge in [0.2, 0.25) is 5.91 Å². The van der Waals surface area contributed by atoms with E-state index < -0.39 is 5.97 Å². The van der Waals surface area contributed by atoms with E-state index in [2.05, 4.69) is 0 Å². The molecule has 12 heavy (non-hydrogen) atoms. The molecular weight excluding hydrogens is 158 g/mol. The highest BCUT2D eigenvalue weighted by Gasteiger charge is 2.25. The third kappa shape index (κ3) is 2.22. The SMILES string of the molecule is CC(=O)N1CCC(CC(=O)O)C1. The first kappa shape index (κ1) is 9.03. The Balaban J connectivity index is 2.35. The lowest BCUT2D eigenvalue weighted by Gasteiger charge is -2.12. The molecule has 1 N–H and O–H groups in total. The molecule has 1 aliphatic rings. The zero-order chi connectivity index (χ0) is 9.14. The molecule has 68 valence electrons. The van der Waals surface area contributed by atoms with Gasteiger partial charge in [-0.25, -0.2) is 0 Å². The van der Waals surface area contributed by atoms with Crippen molar-refractivity contribution in [3.63, 3.8) is 0 Å². The molecule has 0 aliphatic carbocycles. The molecule has 1 unspecified atom stereocenters. The van der Waals surface area contributed by atoms with E-state index >= 15 is 0 Å². The summed E-state index contributed by atoms with van der Waals surface area (Å²) in [5.41, 5.74) is 0. The van der Waals surface area contributed by atoms with Gasteiger partial charge in [-0.1, -0.05) is 0 Å². The minimum absolute atomic E-state index is 0.0443. The van der Waals surface area contributed by atoms with Gasteiger partial charge in [0.15, 0.2) is 0 Å². The predicted octanol–water partition coefficient (Wildman–Crippen LogP) is 0.329. The standard InChI is InChI=1S/C8H13NO3/c1-6(10)9-3-2-7(5-9)4-8(11)12/h7H,2-5H2,1H3,(H,11,12). The molecule has 1 saturated heterocycles. The highest BCUT2D eigenvalue weighted by Crippen LogP contribution is 2.19. The number of likely N-dealkylation sites (tertiary alicyclic amines) is 1. The van der Waals surface area contributed by atoms with Gasteiger partial charge in [0, 0.05) is 26.4 Å². The van der Waals surface area contributed by atoms with Gasteiger partial charge in [-0.15, -0.1) is 0 Å². The largest absolute Gasteiger partial charge is 0.481 e. The van der Waals surface area contributed by atoms with Crippen LogP contribution in [0.5, 0.6) is 0 Å². The number of carbonyl (C=O) groups is 2. The molecule has 1 fully saturated rings. The summed E-state index contributed by atoms with van der Waals surface area (Å²) in [4.78, 5) is 22.9. The first-order chi connectivity index (χ1) is 5.59. The van der Waals surface area contributed by atoms with Crippen molar-refractivity contribution in [2.45, 2.75) is 19.8 Å². The Morgan fingerprint density at radius 2 is 2.25 bits per heavy atom. The summed E-state index contributed by atoms with van der Waals surface area (Å²) in [6.45, 7) is 2.85. The van der Waals surface area contributed by atoms with Crippen LogP contribution < -0.4 is 0 Å². The van der Waals surface area contributed by atoms with Crippen molar-refractivity contribution in [3.05, 3.63) is 0 Å². The summed E-state index contributed by atoms with van der Waals surface area (Å²) in [5.74, 6) is -0.570. The molecule has 1 aliphatic heterocycles. The first-order valence-electron chi connectivity index (χ1n) is 4.07. The summed E-state index contributed by atoms with van der Waals surface area (Å²) in [5, 5.41) is 8.50. The summed E-state index contributed by atoms with van der Waals surface area (Å²) in [6, 6.07) is 0. The Hall–Kier alpha value is -1.06. The molecule has 0 aromatic rings. The molecule has 4 nitrogen and oxygen atoms in total. The fourth-order valence-corrected chi connectivity index (χ4v) is 1.53. The smallest absolute Gasteiger partial charge is 0.303 e. The Morgan fingerprint density at radius 1 is 1.58 bits per heavy atom. The number of nitrogens with zero attached hydrogens (tertiary/aromatic N) is 1. The topological polar surface area (TPSA) is 57.6 Å². The minimum atomic E-state index is -0.773. The van der Waals surface area contributed by atoms with Crippen LogP contribution in [0.15, 0.2) is 0 Å². The van der Waals surface area contributed by atoms with Crippen molar-refractivity contribution in [2.75, 3.05) is 13.1 Å². The van der Waals surface area contributed by atoms with Crippen LogP contribution >= 0.6 is 0 Å². The number of hydrogen-bond acceptors (Lipinski definition) is 2. The van der Waals surface area contributed by atoms with E-state index in [0.29, 0.717) is 13.1 Å². The van der Waals surface area contributed by atoms with Crippen LogP contribution in [0.3, 0.4) is 0 Å². The molecule has 1 amide bonds. The number of rotatable bonds is 2. The number of carboxylic acids is 1. The number of carboxylic acid groups (broad SMARTS) is 1. The van der Waals surface area contributed by atoms with Crippen molar-refractivity contribution in [1.29, 1.82) is 0 Å². The van der Waals surface area contributed by atoms with Crippen LogP contribution in [0.25, 0.3) is 0 Å². The predicted molar refractivity (Wildman–Crippen MR) is 42.6 cm³/mol. The zero-order valence-electron chi connectivity index (χ0n) is 7.12. The first-order valence-corrected chi connectivity index (χ1v) is 4.07. The molecule has 0 bridgehead atoms. The Labute approximate surface area is 71.2 Å². The highest BCUT2D eigenvalue weighted by molar-refractivity contribution is 5.73. The molecule has 0 spiro atoms. The van der Waals surface area contributed by atoms with Crippen LogP contribution in [0.2, 0.25) is 0 Å². The zero-order valence-corrected chi connectivity index (χ0v) is 7.12. The number of amides is 1. The second kappa shape index (κ2) is 3.56. The molecular formula is C8H13NO3. The van der Waals surface area contributed by atoms with Gasteiger partial charge in [0.05, 0.1) is 0 Å². The Kier molecular flexibility index (Phi) is 2.68. The van der Waals surface area contributed by atoms with Gasteiger partial charge in [-0.3, -0.25) is 9.59 Å².